The monoisotopic (exact) mass is 599 g/mol. The molecule has 3 aromatic carbocycles. The first kappa shape index (κ1) is 23.2. The first-order chi connectivity index (χ1) is 16.9. The van der Waals surface area contributed by atoms with Gasteiger partial charge in [0, 0.05) is 12.1 Å². The zero-order valence-electron chi connectivity index (χ0n) is 18.4. The van der Waals surface area contributed by atoms with E-state index in [1.54, 1.807) is 16.5 Å². The fourth-order valence-corrected chi connectivity index (χ4v) is 5.47. The molecule has 35 heavy (non-hydrogen) atoms. The zero-order valence-corrected chi connectivity index (χ0v) is 21.4. The molecule has 0 amide bonds. The van der Waals surface area contributed by atoms with Gasteiger partial charge in [0.25, 0.3) is 11.2 Å². The second-order valence-corrected chi connectivity index (χ2v) is 9.78. The molecule has 0 saturated heterocycles. The molecule has 5 rings (SSSR count). The molecule has 0 aliphatic heterocycles. The van der Waals surface area contributed by atoms with Gasteiger partial charge in [0.05, 0.1) is 30.7 Å². The van der Waals surface area contributed by atoms with Crippen LogP contribution in [0.2, 0.25) is 0 Å². The van der Waals surface area contributed by atoms with E-state index in [4.69, 9.17) is 9.47 Å². The summed E-state index contributed by atoms with van der Waals surface area (Å²) in [7, 11) is 0. The number of non-ortho nitro benzene ring substituents is 1. The maximum absolute atomic E-state index is 13.1. The molecule has 0 spiro atoms. The summed E-state index contributed by atoms with van der Waals surface area (Å²) in [5.74, 6) is 1.14. The highest BCUT2D eigenvalue weighted by atomic mass is 127. The number of aromatic nitrogens is 2. The Balaban J connectivity index is 1.48. The third kappa shape index (κ3) is 4.58. The van der Waals surface area contributed by atoms with Crippen LogP contribution in [0.1, 0.15) is 18.1 Å². The predicted molar refractivity (Wildman–Crippen MR) is 143 cm³/mol. The molecule has 0 fully saturated rings. The number of hydrogen-bond donors (Lipinski definition) is 0. The number of hydrogen-bond acceptors (Lipinski definition) is 7. The second-order valence-electron chi connectivity index (χ2n) is 7.61. The average Bonchev–Trinajstić information content (AvgIpc) is 3.35. The fraction of sp³-hybridized carbons (Fsp3) is 0.120. The molecule has 0 unspecified atom stereocenters. The first-order valence-corrected chi connectivity index (χ1v) is 12.6. The molecule has 0 radical (unpaired) electrons. The van der Waals surface area contributed by atoms with Crippen LogP contribution in [-0.4, -0.2) is 20.9 Å². The summed E-state index contributed by atoms with van der Waals surface area (Å²) in [6.45, 7) is 2.56. The minimum atomic E-state index is -0.434. The van der Waals surface area contributed by atoms with Gasteiger partial charge in [-0.15, -0.1) is 0 Å². The van der Waals surface area contributed by atoms with Gasteiger partial charge in [0.1, 0.15) is 6.61 Å². The minimum absolute atomic E-state index is 0.0324. The fourth-order valence-electron chi connectivity index (χ4n) is 3.71. The number of fused-ring (bicyclic) bond motifs is 3. The number of thiazole rings is 1. The molecule has 2 aromatic heterocycles. The van der Waals surface area contributed by atoms with E-state index < -0.39 is 4.92 Å². The van der Waals surface area contributed by atoms with Crippen LogP contribution in [0.15, 0.2) is 65.5 Å². The van der Waals surface area contributed by atoms with Crippen LogP contribution >= 0.6 is 33.9 Å². The lowest BCUT2D eigenvalue weighted by Gasteiger charge is -2.15. The number of imidazole rings is 1. The third-order valence-corrected chi connectivity index (χ3v) is 7.08. The highest BCUT2D eigenvalue weighted by Crippen LogP contribution is 2.35. The Kier molecular flexibility index (Phi) is 6.39. The van der Waals surface area contributed by atoms with E-state index >= 15 is 0 Å². The van der Waals surface area contributed by atoms with E-state index in [1.807, 2.05) is 49.4 Å². The van der Waals surface area contributed by atoms with Crippen molar-refractivity contribution in [1.82, 2.24) is 9.38 Å². The van der Waals surface area contributed by atoms with Gasteiger partial charge < -0.3 is 9.47 Å². The summed E-state index contributed by atoms with van der Waals surface area (Å²) >= 11 is 3.52. The SMILES string of the molecule is CCOc1cc(/C=c2\sc3nc4ccccc4n3c2=O)cc(I)c1OCc1ccc([N+](=O)[O-])cc1. The Morgan fingerprint density at radius 3 is 2.66 bits per heavy atom. The second kappa shape index (κ2) is 9.62. The van der Waals surface area contributed by atoms with Crippen molar-refractivity contribution in [3.05, 3.63) is 100 Å². The number of para-hydroxylation sites is 2. The Morgan fingerprint density at radius 1 is 1.14 bits per heavy atom. The van der Waals surface area contributed by atoms with Crippen LogP contribution < -0.4 is 19.6 Å². The molecule has 0 aliphatic carbocycles. The van der Waals surface area contributed by atoms with Gasteiger partial charge in [-0.05, 0) is 83.1 Å². The molecule has 10 heteroatoms. The lowest BCUT2D eigenvalue weighted by atomic mass is 10.2. The number of nitrogens with zero attached hydrogens (tertiary/aromatic N) is 3. The van der Waals surface area contributed by atoms with Crippen molar-refractivity contribution in [2.24, 2.45) is 0 Å². The normalized spacial score (nSPS) is 11.9. The number of benzene rings is 3. The largest absolute Gasteiger partial charge is 0.490 e. The van der Waals surface area contributed by atoms with Gasteiger partial charge in [-0.3, -0.25) is 14.9 Å². The van der Waals surface area contributed by atoms with Crippen LogP contribution in [-0.2, 0) is 6.61 Å². The summed E-state index contributed by atoms with van der Waals surface area (Å²) in [6.07, 6.45) is 1.83. The van der Waals surface area contributed by atoms with Crippen LogP contribution in [0, 0.1) is 13.7 Å². The summed E-state index contributed by atoms with van der Waals surface area (Å²) < 4.78 is 14.9. The summed E-state index contributed by atoms with van der Waals surface area (Å²) in [5, 5.41) is 10.9. The van der Waals surface area contributed by atoms with E-state index in [0.717, 1.165) is 25.7 Å². The van der Waals surface area contributed by atoms with Crippen LogP contribution in [0.25, 0.3) is 22.1 Å². The average molecular weight is 599 g/mol. The summed E-state index contributed by atoms with van der Waals surface area (Å²) in [6, 6.07) is 17.6. The topological polar surface area (TPSA) is 96.0 Å². The van der Waals surface area contributed by atoms with Crippen molar-refractivity contribution in [1.29, 1.82) is 0 Å². The highest BCUT2D eigenvalue weighted by Gasteiger charge is 2.14. The maximum Gasteiger partial charge on any atom is 0.274 e. The van der Waals surface area contributed by atoms with Gasteiger partial charge >= 0.3 is 0 Å². The predicted octanol–water partition coefficient (Wildman–Crippen LogP) is 4.95. The van der Waals surface area contributed by atoms with Gasteiger partial charge in [-0.2, -0.15) is 0 Å². The molecule has 8 nitrogen and oxygen atoms in total. The lowest BCUT2D eigenvalue weighted by molar-refractivity contribution is -0.384. The minimum Gasteiger partial charge on any atom is -0.490 e. The van der Waals surface area contributed by atoms with E-state index in [9.17, 15) is 14.9 Å². The van der Waals surface area contributed by atoms with Crippen molar-refractivity contribution >= 4 is 61.7 Å². The summed E-state index contributed by atoms with van der Waals surface area (Å²) in [4.78, 5) is 28.7. The van der Waals surface area contributed by atoms with Crippen LogP contribution in [0.5, 0.6) is 11.5 Å². The maximum atomic E-state index is 13.1. The Hall–Kier alpha value is -3.51. The summed E-state index contributed by atoms with van der Waals surface area (Å²) in [5.41, 5.74) is 3.13. The molecule has 0 saturated carbocycles. The highest BCUT2D eigenvalue weighted by molar-refractivity contribution is 14.1. The molecular weight excluding hydrogens is 581 g/mol. The van der Waals surface area contributed by atoms with Gasteiger partial charge in [-0.1, -0.05) is 23.5 Å². The molecule has 0 atom stereocenters. The molecular formula is C25H18IN3O5S. The Labute approximate surface area is 216 Å². The van der Waals surface area contributed by atoms with Gasteiger partial charge in [0.15, 0.2) is 16.5 Å². The number of halogens is 1. The Bertz CT molecular complexity index is 1680. The molecule has 2 heterocycles. The number of ether oxygens (including phenoxy) is 2. The van der Waals surface area contributed by atoms with Crippen molar-refractivity contribution in [2.75, 3.05) is 6.61 Å². The number of nitro groups is 1. The molecule has 0 bridgehead atoms. The molecule has 0 aliphatic rings. The van der Waals surface area contributed by atoms with E-state index in [-0.39, 0.29) is 17.9 Å². The smallest absolute Gasteiger partial charge is 0.274 e. The van der Waals surface area contributed by atoms with E-state index in [0.29, 0.717) is 27.6 Å². The van der Waals surface area contributed by atoms with Crippen LogP contribution in [0.3, 0.4) is 0 Å². The van der Waals surface area contributed by atoms with Crippen LogP contribution in [0.4, 0.5) is 5.69 Å². The third-order valence-electron chi connectivity index (χ3n) is 5.30. The van der Waals surface area contributed by atoms with E-state index in [2.05, 4.69) is 27.6 Å². The first-order valence-electron chi connectivity index (χ1n) is 10.7. The standard InChI is InChI=1S/C25H18IN3O5S/c1-2-33-21-12-16(11-18(26)23(21)34-14-15-7-9-17(10-8-15)29(31)32)13-22-24(30)28-20-6-4-3-5-19(20)27-25(28)35-22/h3-13H,2,14H2,1H3/b22-13-. The molecule has 0 N–H and O–H groups in total. The van der Waals surface area contributed by atoms with Crippen molar-refractivity contribution < 1.29 is 14.4 Å². The Morgan fingerprint density at radius 2 is 1.91 bits per heavy atom. The number of rotatable bonds is 7. The van der Waals surface area contributed by atoms with Crippen molar-refractivity contribution in [2.45, 2.75) is 13.5 Å². The molecule has 176 valence electrons. The van der Waals surface area contributed by atoms with Gasteiger partial charge in [-0.25, -0.2) is 9.38 Å². The quantitative estimate of drug-likeness (QED) is 0.149. The number of nitro benzene ring substituents is 1. The van der Waals surface area contributed by atoms with Crippen molar-refractivity contribution in [3.63, 3.8) is 0 Å². The van der Waals surface area contributed by atoms with E-state index in [1.165, 1.54) is 23.5 Å². The lowest BCUT2D eigenvalue weighted by Crippen LogP contribution is -2.22. The molecule has 5 aromatic rings. The van der Waals surface area contributed by atoms with Gasteiger partial charge in [0.2, 0.25) is 0 Å². The van der Waals surface area contributed by atoms with Crippen molar-refractivity contribution in [3.8, 4) is 11.5 Å². The zero-order chi connectivity index (χ0) is 24.5.